The van der Waals surface area contributed by atoms with Gasteiger partial charge in [0.25, 0.3) is 5.91 Å². The predicted octanol–water partition coefficient (Wildman–Crippen LogP) is 2.10. The summed E-state index contributed by atoms with van der Waals surface area (Å²) in [5, 5.41) is 12.2. The number of nitrogens with one attached hydrogen (secondary N) is 3. The molecule has 1 heterocycles. The molecule has 0 radical (unpaired) electrons. The van der Waals surface area contributed by atoms with E-state index in [4.69, 9.17) is 0 Å². The highest BCUT2D eigenvalue weighted by atomic mass is 16.5. The normalized spacial score (nSPS) is 19.8. The molecule has 164 valence electrons. The maximum absolute atomic E-state index is 12.9. The number of carbonyl (C=O) groups excluding carboxylic acids is 4. The van der Waals surface area contributed by atoms with Gasteiger partial charge in [-0.3, -0.25) is 25.0 Å². The molecule has 29 heavy (non-hydrogen) atoms. The van der Waals surface area contributed by atoms with Gasteiger partial charge in [-0.25, -0.2) is 10.3 Å². The Kier molecular flexibility index (Phi) is 8.88. The van der Waals surface area contributed by atoms with E-state index in [1.54, 1.807) is 5.48 Å². The molecule has 2 atom stereocenters. The number of hydrazine groups is 1. The monoisotopic (exact) mass is 410 g/mol. The lowest BCUT2D eigenvalue weighted by molar-refractivity contribution is -0.144. The first-order valence-electron chi connectivity index (χ1n) is 10.7. The number of hydroxylamine groups is 1. The quantitative estimate of drug-likeness (QED) is 0.249. The van der Waals surface area contributed by atoms with Gasteiger partial charge < -0.3 is 5.32 Å². The summed E-state index contributed by atoms with van der Waals surface area (Å²) in [7, 11) is 0. The predicted molar refractivity (Wildman–Crippen MR) is 105 cm³/mol. The smallest absolute Gasteiger partial charge is 0.327 e. The topological polar surface area (TPSA) is 128 Å². The molecule has 2 fully saturated rings. The minimum absolute atomic E-state index is 0.112. The highest BCUT2D eigenvalue weighted by molar-refractivity contribution is 6.03. The molecule has 1 saturated heterocycles. The Morgan fingerprint density at radius 1 is 1.14 bits per heavy atom. The van der Waals surface area contributed by atoms with Crippen molar-refractivity contribution in [3.8, 4) is 0 Å². The van der Waals surface area contributed by atoms with Crippen molar-refractivity contribution >= 4 is 23.8 Å². The third-order valence-electron chi connectivity index (χ3n) is 5.91. The zero-order chi connectivity index (χ0) is 21.4. The van der Waals surface area contributed by atoms with Gasteiger partial charge in [0.1, 0.15) is 6.54 Å². The third kappa shape index (κ3) is 6.69. The first-order chi connectivity index (χ1) is 13.8. The van der Waals surface area contributed by atoms with Crippen molar-refractivity contribution in [1.29, 1.82) is 0 Å². The number of urea groups is 1. The van der Waals surface area contributed by atoms with E-state index >= 15 is 0 Å². The molecule has 0 aromatic heterocycles. The van der Waals surface area contributed by atoms with E-state index in [1.807, 2.05) is 13.8 Å². The van der Waals surface area contributed by atoms with Crippen LogP contribution in [-0.2, 0) is 14.4 Å². The molecular weight excluding hydrogens is 376 g/mol. The molecule has 0 aromatic carbocycles. The van der Waals surface area contributed by atoms with E-state index in [1.165, 1.54) is 32.1 Å². The summed E-state index contributed by atoms with van der Waals surface area (Å²) < 4.78 is 0. The zero-order valence-electron chi connectivity index (χ0n) is 17.4. The maximum Gasteiger partial charge on any atom is 0.343 e. The van der Waals surface area contributed by atoms with Crippen molar-refractivity contribution in [2.45, 2.75) is 71.6 Å². The Morgan fingerprint density at radius 2 is 1.83 bits per heavy atom. The lowest BCUT2D eigenvalue weighted by Gasteiger charge is -2.28. The highest BCUT2D eigenvalue weighted by Gasteiger charge is 2.37. The van der Waals surface area contributed by atoms with Crippen molar-refractivity contribution in [3.63, 3.8) is 0 Å². The first-order valence-corrected chi connectivity index (χ1v) is 10.7. The van der Waals surface area contributed by atoms with Crippen LogP contribution < -0.4 is 16.2 Å². The van der Waals surface area contributed by atoms with Crippen molar-refractivity contribution in [2.24, 2.45) is 23.7 Å². The minimum Gasteiger partial charge on any atom is -0.327 e. The molecule has 0 aromatic rings. The van der Waals surface area contributed by atoms with Crippen LogP contribution in [0.5, 0.6) is 0 Å². The number of hydrogen-bond donors (Lipinski definition) is 4. The second-order valence-electron chi connectivity index (χ2n) is 8.62. The molecule has 5 amide bonds. The van der Waals surface area contributed by atoms with E-state index in [0.29, 0.717) is 23.8 Å². The van der Waals surface area contributed by atoms with Gasteiger partial charge in [-0.05, 0) is 24.7 Å². The third-order valence-corrected chi connectivity index (χ3v) is 5.91. The summed E-state index contributed by atoms with van der Waals surface area (Å²) in [6, 6.07) is -0.688. The molecule has 2 rings (SSSR count). The number of imide groups is 1. The average molecular weight is 411 g/mol. The molecule has 0 bridgehead atoms. The summed E-state index contributed by atoms with van der Waals surface area (Å²) in [5.74, 6) is -2.43. The van der Waals surface area contributed by atoms with Crippen LogP contribution in [0.15, 0.2) is 0 Å². The molecule has 1 aliphatic carbocycles. The van der Waals surface area contributed by atoms with Crippen LogP contribution in [0.3, 0.4) is 0 Å². The van der Waals surface area contributed by atoms with Gasteiger partial charge in [-0.15, -0.1) is 0 Å². The van der Waals surface area contributed by atoms with Gasteiger partial charge in [-0.1, -0.05) is 58.8 Å². The van der Waals surface area contributed by atoms with Gasteiger partial charge in [0.2, 0.25) is 11.8 Å². The lowest BCUT2D eigenvalue weighted by Crippen LogP contribution is -2.51. The molecular formula is C20H34N4O5. The van der Waals surface area contributed by atoms with E-state index in [2.05, 4.69) is 10.7 Å². The molecule has 9 heteroatoms. The van der Waals surface area contributed by atoms with Crippen LogP contribution in [0, 0.1) is 23.7 Å². The van der Waals surface area contributed by atoms with Crippen molar-refractivity contribution < 1.29 is 24.4 Å². The SMILES string of the molecule is CC(C)CC(C(=O)NN1C(=O)CNC1=O)C(CCCC1CCCCC1)C(=O)NO. The van der Waals surface area contributed by atoms with Gasteiger partial charge in [0.15, 0.2) is 0 Å². The lowest BCUT2D eigenvalue weighted by atomic mass is 9.79. The Labute approximate surface area is 171 Å². The number of amides is 5. The van der Waals surface area contributed by atoms with E-state index in [-0.39, 0.29) is 12.5 Å². The fraction of sp³-hybridized carbons (Fsp3) is 0.800. The Morgan fingerprint density at radius 3 is 2.38 bits per heavy atom. The van der Waals surface area contributed by atoms with Crippen LogP contribution in [0.4, 0.5) is 4.79 Å². The van der Waals surface area contributed by atoms with Crippen LogP contribution in [0.25, 0.3) is 0 Å². The van der Waals surface area contributed by atoms with Gasteiger partial charge in [0, 0.05) is 0 Å². The van der Waals surface area contributed by atoms with Gasteiger partial charge >= 0.3 is 6.03 Å². The van der Waals surface area contributed by atoms with Crippen LogP contribution in [-0.4, -0.2) is 40.5 Å². The van der Waals surface area contributed by atoms with Gasteiger partial charge in [0.05, 0.1) is 11.8 Å². The molecule has 2 unspecified atom stereocenters. The van der Waals surface area contributed by atoms with Crippen molar-refractivity contribution in [2.75, 3.05) is 6.54 Å². The number of rotatable bonds is 10. The molecule has 2 aliphatic rings. The van der Waals surface area contributed by atoms with Crippen LogP contribution in [0.1, 0.15) is 71.6 Å². The van der Waals surface area contributed by atoms with E-state index in [9.17, 15) is 24.4 Å². The summed E-state index contributed by atoms with van der Waals surface area (Å²) in [4.78, 5) is 48.8. The summed E-state index contributed by atoms with van der Waals surface area (Å²) >= 11 is 0. The molecule has 0 spiro atoms. The maximum atomic E-state index is 12.9. The highest BCUT2D eigenvalue weighted by Crippen LogP contribution is 2.31. The number of carbonyl (C=O) groups is 4. The summed E-state index contributed by atoms with van der Waals surface area (Å²) in [6.07, 6.45) is 8.84. The summed E-state index contributed by atoms with van der Waals surface area (Å²) in [6.45, 7) is 3.70. The fourth-order valence-corrected chi connectivity index (χ4v) is 4.39. The average Bonchev–Trinajstić information content (AvgIpc) is 3.01. The van der Waals surface area contributed by atoms with E-state index < -0.39 is 35.6 Å². The van der Waals surface area contributed by atoms with Crippen LogP contribution in [0.2, 0.25) is 0 Å². The standard InChI is InChI=1S/C20H34N4O5/c1-13(2)11-16(18(26)22-24-17(25)12-21-20(24)28)15(19(27)23-29)10-6-9-14-7-4-3-5-8-14/h13-16,29H,3-12H2,1-2H3,(H,21,28)(H,22,26)(H,23,27). The molecule has 4 N–H and O–H groups in total. The first kappa shape index (κ1) is 23.1. The van der Waals surface area contributed by atoms with Crippen molar-refractivity contribution in [3.05, 3.63) is 0 Å². The second kappa shape index (κ2) is 11.1. The summed E-state index contributed by atoms with van der Waals surface area (Å²) in [5.41, 5.74) is 4.05. The Balaban J connectivity index is 2.05. The fourth-order valence-electron chi connectivity index (χ4n) is 4.39. The Bertz CT molecular complexity index is 588. The Hall–Kier alpha value is -2.16. The molecule has 9 nitrogen and oxygen atoms in total. The van der Waals surface area contributed by atoms with Gasteiger partial charge in [-0.2, -0.15) is 5.01 Å². The van der Waals surface area contributed by atoms with E-state index in [0.717, 1.165) is 12.8 Å². The molecule has 1 aliphatic heterocycles. The second-order valence-corrected chi connectivity index (χ2v) is 8.62. The van der Waals surface area contributed by atoms with Crippen LogP contribution >= 0.6 is 0 Å². The largest absolute Gasteiger partial charge is 0.343 e. The zero-order valence-corrected chi connectivity index (χ0v) is 17.4. The molecule has 1 saturated carbocycles. The minimum atomic E-state index is -0.755. The number of hydrogen-bond acceptors (Lipinski definition) is 5. The van der Waals surface area contributed by atoms with Crippen molar-refractivity contribution in [1.82, 2.24) is 21.2 Å². The number of nitrogens with zero attached hydrogens (tertiary/aromatic N) is 1.